The zero-order valence-electron chi connectivity index (χ0n) is 19.7. The van der Waals surface area contributed by atoms with Gasteiger partial charge in [0.15, 0.2) is 11.4 Å². The molecule has 0 N–H and O–H groups in total. The number of benzene rings is 1. The Morgan fingerprint density at radius 1 is 1.06 bits per heavy atom. The molecule has 3 aromatic heterocycles. The number of carbonyl (C=O) groups excluding carboxylic acids is 1. The Morgan fingerprint density at radius 3 is 2.63 bits per heavy atom. The number of piperidine rings is 1. The van der Waals surface area contributed by atoms with Gasteiger partial charge in [0.1, 0.15) is 29.0 Å². The Labute approximate surface area is 203 Å². The number of aromatic nitrogens is 3. The molecule has 2 aliphatic heterocycles. The molecule has 180 valence electrons. The Bertz CT molecular complexity index is 1330. The van der Waals surface area contributed by atoms with Gasteiger partial charge in [-0.3, -0.25) is 4.79 Å². The zero-order valence-corrected chi connectivity index (χ0v) is 19.7. The number of hydrogen-bond acceptors (Lipinski definition) is 6. The molecule has 0 saturated carbocycles. The number of likely N-dealkylation sites (tertiary alicyclic amines) is 1. The Kier molecular flexibility index (Phi) is 5.74. The average Bonchev–Trinajstić information content (AvgIpc) is 3.68. The third-order valence-corrected chi connectivity index (χ3v) is 7.00. The van der Waals surface area contributed by atoms with E-state index in [1.54, 1.807) is 13.2 Å². The van der Waals surface area contributed by atoms with Crippen molar-refractivity contribution in [1.82, 2.24) is 19.4 Å². The molecule has 0 bridgehead atoms. The van der Waals surface area contributed by atoms with Crippen LogP contribution in [-0.2, 0) is 4.74 Å². The van der Waals surface area contributed by atoms with Crippen molar-refractivity contribution < 1.29 is 18.7 Å². The van der Waals surface area contributed by atoms with Crippen molar-refractivity contribution in [1.29, 1.82) is 0 Å². The highest BCUT2D eigenvalue weighted by atomic mass is 16.5. The molecule has 4 aromatic rings. The molecule has 2 aliphatic rings. The second-order valence-corrected chi connectivity index (χ2v) is 9.10. The third kappa shape index (κ3) is 4.08. The van der Waals surface area contributed by atoms with Crippen LogP contribution in [0, 0.1) is 0 Å². The number of amides is 1. The molecule has 1 amide bonds. The van der Waals surface area contributed by atoms with Crippen LogP contribution in [0.4, 0.5) is 0 Å². The van der Waals surface area contributed by atoms with E-state index in [1.807, 2.05) is 53.6 Å². The molecule has 6 rings (SSSR count). The fourth-order valence-corrected chi connectivity index (χ4v) is 5.16. The summed E-state index contributed by atoms with van der Waals surface area (Å²) in [5.74, 6) is 2.71. The molecular weight excluding hydrogens is 444 g/mol. The number of rotatable bonds is 5. The van der Waals surface area contributed by atoms with Gasteiger partial charge in [-0.05, 0) is 74.2 Å². The van der Waals surface area contributed by atoms with Gasteiger partial charge in [-0.15, -0.1) is 0 Å². The summed E-state index contributed by atoms with van der Waals surface area (Å²) in [6.07, 6.45) is 5.53. The van der Waals surface area contributed by atoms with Crippen LogP contribution in [0.3, 0.4) is 0 Å². The van der Waals surface area contributed by atoms with Crippen molar-refractivity contribution in [2.45, 2.75) is 37.8 Å². The molecule has 0 aliphatic carbocycles. The van der Waals surface area contributed by atoms with E-state index in [0.29, 0.717) is 24.6 Å². The van der Waals surface area contributed by atoms with Gasteiger partial charge in [0, 0.05) is 37.5 Å². The highest BCUT2D eigenvalue weighted by Crippen LogP contribution is 2.35. The van der Waals surface area contributed by atoms with Crippen LogP contribution < -0.4 is 4.74 Å². The third-order valence-electron chi connectivity index (χ3n) is 7.00. The molecule has 0 unspecified atom stereocenters. The molecule has 0 radical (unpaired) electrons. The fraction of sp³-hybridized carbons (Fsp3) is 0.370. The number of hydrogen-bond donors (Lipinski definition) is 0. The number of fused-ring (bicyclic) bond motifs is 1. The van der Waals surface area contributed by atoms with Crippen molar-refractivity contribution in [2.75, 3.05) is 26.8 Å². The van der Waals surface area contributed by atoms with E-state index in [9.17, 15) is 4.79 Å². The SMILES string of the molecule is COc1ccc(-c2ccc(C(=O)N3CCC(n4c([C@H]5CCCO5)nc5cccnc54)CC3)o2)cc1. The largest absolute Gasteiger partial charge is 0.497 e. The smallest absolute Gasteiger partial charge is 0.289 e. The Hall–Kier alpha value is -3.65. The summed E-state index contributed by atoms with van der Waals surface area (Å²) in [4.78, 5) is 24.6. The quantitative estimate of drug-likeness (QED) is 0.405. The van der Waals surface area contributed by atoms with Crippen molar-refractivity contribution in [2.24, 2.45) is 0 Å². The van der Waals surface area contributed by atoms with Gasteiger partial charge in [-0.1, -0.05) is 0 Å². The number of carbonyl (C=O) groups is 1. The molecule has 0 spiro atoms. The number of nitrogens with zero attached hydrogens (tertiary/aromatic N) is 4. The van der Waals surface area contributed by atoms with Gasteiger partial charge in [0.05, 0.1) is 7.11 Å². The summed E-state index contributed by atoms with van der Waals surface area (Å²) in [5, 5.41) is 0. The summed E-state index contributed by atoms with van der Waals surface area (Å²) in [7, 11) is 1.64. The molecule has 2 saturated heterocycles. The number of furan rings is 1. The number of methoxy groups -OCH3 is 1. The van der Waals surface area contributed by atoms with Gasteiger partial charge < -0.3 is 23.4 Å². The maximum Gasteiger partial charge on any atom is 0.289 e. The number of imidazole rings is 1. The topological polar surface area (TPSA) is 82.6 Å². The minimum absolute atomic E-state index is 0.0170. The Morgan fingerprint density at radius 2 is 1.89 bits per heavy atom. The lowest BCUT2D eigenvalue weighted by molar-refractivity contribution is 0.0652. The predicted octanol–water partition coefficient (Wildman–Crippen LogP) is 5.03. The minimum atomic E-state index is -0.0730. The first-order valence-electron chi connectivity index (χ1n) is 12.2. The van der Waals surface area contributed by atoms with E-state index in [-0.39, 0.29) is 18.1 Å². The molecule has 2 fully saturated rings. The van der Waals surface area contributed by atoms with Crippen molar-refractivity contribution in [3.63, 3.8) is 0 Å². The van der Waals surface area contributed by atoms with Crippen LogP contribution in [0.15, 0.2) is 59.1 Å². The molecule has 1 atom stereocenters. The van der Waals surface area contributed by atoms with Crippen molar-refractivity contribution in [3.8, 4) is 17.1 Å². The summed E-state index contributed by atoms with van der Waals surface area (Å²) < 4.78 is 19.4. The normalized spacial score (nSPS) is 18.9. The molecule has 8 nitrogen and oxygen atoms in total. The van der Waals surface area contributed by atoms with Crippen LogP contribution in [0.5, 0.6) is 5.75 Å². The summed E-state index contributed by atoms with van der Waals surface area (Å²) >= 11 is 0. The van der Waals surface area contributed by atoms with Crippen LogP contribution in [0.25, 0.3) is 22.5 Å². The lowest BCUT2D eigenvalue weighted by Crippen LogP contribution is -2.39. The van der Waals surface area contributed by atoms with Crippen LogP contribution >= 0.6 is 0 Å². The van der Waals surface area contributed by atoms with Gasteiger partial charge in [0.25, 0.3) is 5.91 Å². The van der Waals surface area contributed by atoms with Crippen LogP contribution in [0.1, 0.15) is 54.2 Å². The van der Waals surface area contributed by atoms with Gasteiger partial charge >= 0.3 is 0 Å². The van der Waals surface area contributed by atoms with Gasteiger partial charge in [-0.2, -0.15) is 0 Å². The van der Waals surface area contributed by atoms with Gasteiger partial charge in [-0.25, -0.2) is 9.97 Å². The second kappa shape index (κ2) is 9.19. The molecular formula is C27H28N4O4. The minimum Gasteiger partial charge on any atom is -0.497 e. The summed E-state index contributed by atoms with van der Waals surface area (Å²) in [5.41, 5.74) is 2.71. The maximum absolute atomic E-state index is 13.2. The van der Waals surface area contributed by atoms with E-state index in [2.05, 4.69) is 9.55 Å². The first-order chi connectivity index (χ1) is 17.2. The first-order valence-corrected chi connectivity index (χ1v) is 12.2. The number of pyridine rings is 1. The van der Waals surface area contributed by atoms with Crippen molar-refractivity contribution >= 4 is 17.1 Å². The Balaban J connectivity index is 1.18. The standard InChI is InChI=1S/C27H28N4O4/c1-33-20-8-6-18(7-9-20)22-10-11-24(35-22)27(32)30-15-12-19(13-16-30)31-25-21(4-2-14-28-25)29-26(31)23-5-3-17-34-23/h2,4,6-11,14,19,23H,3,5,12-13,15-17H2,1H3/t23-/m1/s1. The van der Waals surface area contributed by atoms with E-state index in [0.717, 1.165) is 60.6 Å². The fourth-order valence-electron chi connectivity index (χ4n) is 5.16. The highest BCUT2D eigenvalue weighted by Gasteiger charge is 2.32. The lowest BCUT2D eigenvalue weighted by atomic mass is 10.0. The van der Waals surface area contributed by atoms with Crippen LogP contribution in [-0.4, -0.2) is 52.1 Å². The molecule has 1 aromatic carbocycles. The molecule has 35 heavy (non-hydrogen) atoms. The lowest BCUT2D eigenvalue weighted by Gasteiger charge is -2.33. The summed E-state index contributed by atoms with van der Waals surface area (Å²) in [6.45, 7) is 2.08. The predicted molar refractivity (Wildman–Crippen MR) is 130 cm³/mol. The maximum atomic E-state index is 13.2. The van der Waals surface area contributed by atoms with E-state index in [4.69, 9.17) is 18.9 Å². The van der Waals surface area contributed by atoms with E-state index in [1.165, 1.54) is 0 Å². The van der Waals surface area contributed by atoms with Crippen LogP contribution in [0.2, 0.25) is 0 Å². The summed E-state index contributed by atoms with van der Waals surface area (Å²) in [6, 6.07) is 15.4. The molecule has 8 heteroatoms. The van der Waals surface area contributed by atoms with Crippen molar-refractivity contribution in [3.05, 3.63) is 66.3 Å². The number of ether oxygens (including phenoxy) is 2. The zero-order chi connectivity index (χ0) is 23.8. The second-order valence-electron chi connectivity index (χ2n) is 9.10. The highest BCUT2D eigenvalue weighted by molar-refractivity contribution is 5.92. The first kappa shape index (κ1) is 21.9. The molecule has 5 heterocycles. The monoisotopic (exact) mass is 472 g/mol. The van der Waals surface area contributed by atoms with E-state index < -0.39 is 0 Å². The van der Waals surface area contributed by atoms with E-state index >= 15 is 0 Å². The average molecular weight is 473 g/mol. The van der Waals surface area contributed by atoms with Gasteiger partial charge in [0.2, 0.25) is 0 Å².